The van der Waals surface area contributed by atoms with Gasteiger partial charge in [-0.1, -0.05) is 13.8 Å². The number of morpholine rings is 1. The van der Waals surface area contributed by atoms with Crippen molar-refractivity contribution in [2.75, 3.05) is 32.9 Å². The average molecular weight is 414 g/mol. The van der Waals surface area contributed by atoms with Crippen molar-refractivity contribution in [3.8, 4) is 17.1 Å². The van der Waals surface area contributed by atoms with E-state index in [-0.39, 0.29) is 12.7 Å². The summed E-state index contributed by atoms with van der Waals surface area (Å²) in [4.78, 5) is 7.30. The van der Waals surface area contributed by atoms with Crippen molar-refractivity contribution in [3.63, 3.8) is 0 Å². The molecule has 2 saturated heterocycles. The Balaban J connectivity index is 1.61. The van der Waals surface area contributed by atoms with E-state index in [0.717, 1.165) is 37.7 Å². The summed E-state index contributed by atoms with van der Waals surface area (Å²) in [7, 11) is 0. The van der Waals surface area contributed by atoms with Crippen LogP contribution in [0.3, 0.4) is 0 Å². The summed E-state index contributed by atoms with van der Waals surface area (Å²) in [5, 5.41) is 9.24. The highest BCUT2D eigenvalue weighted by Crippen LogP contribution is 2.37. The zero-order valence-electron chi connectivity index (χ0n) is 18.7. The monoisotopic (exact) mass is 413 g/mol. The normalized spacial score (nSPS) is 24.4. The number of aryl methyl sites for hydroxylation is 1. The highest BCUT2D eigenvalue weighted by atomic mass is 16.5. The molecule has 164 valence electrons. The summed E-state index contributed by atoms with van der Waals surface area (Å²) in [6.07, 6.45) is 5.97. The van der Waals surface area contributed by atoms with E-state index in [0.29, 0.717) is 31.0 Å². The van der Waals surface area contributed by atoms with Gasteiger partial charge < -0.3 is 19.1 Å². The van der Waals surface area contributed by atoms with E-state index in [1.807, 2.05) is 13.1 Å². The fourth-order valence-electron chi connectivity index (χ4n) is 4.92. The number of aliphatic hydroxyl groups excluding tert-OH is 1. The van der Waals surface area contributed by atoms with Crippen LogP contribution in [0.2, 0.25) is 0 Å². The molecule has 0 aliphatic carbocycles. The van der Waals surface area contributed by atoms with Crippen LogP contribution in [0.5, 0.6) is 5.75 Å². The quantitative estimate of drug-likeness (QED) is 0.749. The predicted octanol–water partition coefficient (Wildman–Crippen LogP) is 3.78. The molecule has 0 bridgehead atoms. The molecule has 6 nitrogen and oxygen atoms in total. The van der Waals surface area contributed by atoms with Crippen LogP contribution in [0.1, 0.15) is 56.7 Å². The van der Waals surface area contributed by atoms with Crippen LogP contribution >= 0.6 is 0 Å². The van der Waals surface area contributed by atoms with Crippen molar-refractivity contribution in [2.24, 2.45) is 0 Å². The van der Waals surface area contributed by atoms with Gasteiger partial charge in [-0.15, -0.1) is 0 Å². The van der Waals surface area contributed by atoms with Crippen molar-refractivity contribution < 1.29 is 14.6 Å². The van der Waals surface area contributed by atoms with Crippen LogP contribution < -0.4 is 4.74 Å². The van der Waals surface area contributed by atoms with Crippen LogP contribution in [-0.2, 0) is 4.74 Å². The Bertz CT molecular complexity index is 863. The molecule has 6 heteroatoms. The molecule has 2 aliphatic rings. The minimum Gasteiger partial charge on any atom is -0.494 e. The standard InChI is InChI=1S/C24H35N3O3/c1-5-29-23-10-17(4)22(12-21(23)16(2)3)24-25-7-8-27(24)18-11-19-15-30-20(6-9-28)14-26(19)13-18/h7-8,10,12,16,18-20,28H,5-6,9,11,13-15H2,1-4H3/t18-,19+,20+/m1/s1. The first-order chi connectivity index (χ1) is 14.5. The topological polar surface area (TPSA) is 59.8 Å². The van der Waals surface area contributed by atoms with Crippen LogP contribution in [0.15, 0.2) is 24.5 Å². The Labute approximate surface area is 179 Å². The van der Waals surface area contributed by atoms with Crippen molar-refractivity contribution in [1.29, 1.82) is 0 Å². The molecule has 0 radical (unpaired) electrons. The minimum atomic E-state index is 0.147. The molecule has 30 heavy (non-hydrogen) atoms. The Kier molecular flexibility index (Phi) is 6.46. The van der Waals surface area contributed by atoms with Crippen molar-refractivity contribution >= 4 is 0 Å². The van der Waals surface area contributed by atoms with E-state index in [4.69, 9.17) is 14.5 Å². The molecule has 4 rings (SSSR count). The minimum absolute atomic E-state index is 0.147. The lowest BCUT2D eigenvalue weighted by atomic mass is 9.96. The fraction of sp³-hybridized carbons (Fsp3) is 0.625. The largest absolute Gasteiger partial charge is 0.494 e. The molecule has 0 amide bonds. The third-order valence-electron chi connectivity index (χ3n) is 6.50. The average Bonchev–Trinajstić information content (AvgIpc) is 3.34. The lowest BCUT2D eigenvalue weighted by molar-refractivity contribution is -0.0567. The van der Waals surface area contributed by atoms with Gasteiger partial charge in [0.2, 0.25) is 0 Å². The maximum absolute atomic E-state index is 9.24. The molecule has 1 aromatic carbocycles. The molecule has 3 atom stereocenters. The molecule has 0 spiro atoms. The summed E-state index contributed by atoms with van der Waals surface area (Å²) in [5.41, 5.74) is 3.61. The summed E-state index contributed by atoms with van der Waals surface area (Å²) >= 11 is 0. The molecular weight excluding hydrogens is 378 g/mol. The van der Waals surface area contributed by atoms with Crippen molar-refractivity contribution in [3.05, 3.63) is 35.7 Å². The summed E-state index contributed by atoms with van der Waals surface area (Å²) in [6.45, 7) is 12.1. The number of hydrogen-bond acceptors (Lipinski definition) is 5. The van der Waals surface area contributed by atoms with Gasteiger partial charge in [-0.25, -0.2) is 4.98 Å². The number of ether oxygens (including phenoxy) is 2. The first-order valence-electron chi connectivity index (χ1n) is 11.3. The van der Waals surface area contributed by atoms with Gasteiger partial charge >= 0.3 is 0 Å². The number of benzene rings is 1. The van der Waals surface area contributed by atoms with Crippen LogP contribution in [0.25, 0.3) is 11.4 Å². The highest BCUT2D eigenvalue weighted by molar-refractivity contribution is 5.65. The molecule has 2 aliphatic heterocycles. The second kappa shape index (κ2) is 9.08. The molecule has 0 unspecified atom stereocenters. The van der Waals surface area contributed by atoms with E-state index < -0.39 is 0 Å². The van der Waals surface area contributed by atoms with Gasteiger partial charge in [-0.3, -0.25) is 4.90 Å². The maximum Gasteiger partial charge on any atom is 0.140 e. The molecule has 2 aromatic rings. The fourth-order valence-corrected chi connectivity index (χ4v) is 4.92. The second-order valence-electron chi connectivity index (χ2n) is 8.92. The summed E-state index contributed by atoms with van der Waals surface area (Å²) < 4.78 is 14.2. The van der Waals surface area contributed by atoms with Gasteiger partial charge in [0, 0.05) is 49.7 Å². The Morgan fingerprint density at radius 2 is 2.10 bits per heavy atom. The molecule has 3 heterocycles. The van der Waals surface area contributed by atoms with E-state index in [1.54, 1.807) is 0 Å². The first-order valence-corrected chi connectivity index (χ1v) is 11.3. The maximum atomic E-state index is 9.24. The first kappa shape index (κ1) is 21.3. The highest BCUT2D eigenvalue weighted by Gasteiger charge is 2.38. The van der Waals surface area contributed by atoms with E-state index in [9.17, 15) is 5.11 Å². The van der Waals surface area contributed by atoms with E-state index in [1.165, 1.54) is 16.7 Å². The molecule has 1 aromatic heterocycles. The Hall–Kier alpha value is -1.89. The lowest BCUT2D eigenvalue weighted by Crippen LogP contribution is -2.46. The van der Waals surface area contributed by atoms with Gasteiger partial charge in [0.1, 0.15) is 11.6 Å². The lowest BCUT2D eigenvalue weighted by Gasteiger charge is -2.34. The van der Waals surface area contributed by atoms with Gasteiger partial charge in [0.15, 0.2) is 0 Å². The number of hydrogen-bond donors (Lipinski definition) is 1. The third-order valence-corrected chi connectivity index (χ3v) is 6.50. The van der Waals surface area contributed by atoms with Gasteiger partial charge in [0.05, 0.1) is 19.3 Å². The summed E-state index contributed by atoms with van der Waals surface area (Å²) in [6, 6.07) is 5.27. The van der Waals surface area contributed by atoms with Gasteiger partial charge in [0.25, 0.3) is 0 Å². The van der Waals surface area contributed by atoms with Gasteiger partial charge in [-0.2, -0.15) is 0 Å². The second-order valence-corrected chi connectivity index (χ2v) is 8.92. The number of nitrogens with zero attached hydrogens (tertiary/aromatic N) is 3. The third kappa shape index (κ3) is 4.13. The molecule has 1 N–H and O–H groups in total. The molecule has 0 saturated carbocycles. The van der Waals surface area contributed by atoms with E-state index in [2.05, 4.69) is 48.6 Å². The summed E-state index contributed by atoms with van der Waals surface area (Å²) in [5.74, 6) is 2.41. The number of fused-ring (bicyclic) bond motifs is 1. The number of imidazole rings is 1. The van der Waals surface area contributed by atoms with E-state index >= 15 is 0 Å². The Morgan fingerprint density at radius 3 is 2.83 bits per heavy atom. The van der Waals surface area contributed by atoms with Crippen LogP contribution in [-0.4, -0.2) is 64.6 Å². The smallest absolute Gasteiger partial charge is 0.140 e. The predicted molar refractivity (Wildman–Crippen MR) is 118 cm³/mol. The number of aliphatic hydroxyl groups is 1. The zero-order chi connectivity index (χ0) is 21.3. The van der Waals surface area contributed by atoms with Crippen LogP contribution in [0, 0.1) is 6.92 Å². The zero-order valence-corrected chi connectivity index (χ0v) is 18.7. The van der Waals surface area contributed by atoms with Crippen molar-refractivity contribution in [1.82, 2.24) is 14.5 Å². The van der Waals surface area contributed by atoms with Gasteiger partial charge in [-0.05, 0) is 55.9 Å². The molecular formula is C24H35N3O3. The number of rotatable bonds is 7. The van der Waals surface area contributed by atoms with Crippen LogP contribution in [0.4, 0.5) is 0 Å². The van der Waals surface area contributed by atoms with Crippen molar-refractivity contribution in [2.45, 2.75) is 64.6 Å². The number of aromatic nitrogens is 2. The Morgan fingerprint density at radius 1 is 1.27 bits per heavy atom. The molecule has 2 fully saturated rings. The SMILES string of the molecule is CCOc1cc(C)c(-c2nccn2[C@@H]2C[C@H]3CO[C@@H](CCO)CN3C2)cc1C(C)C.